The van der Waals surface area contributed by atoms with Gasteiger partial charge in [-0.15, -0.1) is 0 Å². The zero-order chi connectivity index (χ0) is 15.5. The minimum atomic E-state index is -1.33. The molecule has 0 aromatic carbocycles. The van der Waals surface area contributed by atoms with E-state index in [2.05, 4.69) is 13.8 Å². The van der Waals surface area contributed by atoms with Gasteiger partial charge in [0.15, 0.2) is 0 Å². The summed E-state index contributed by atoms with van der Waals surface area (Å²) in [4.78, 5) is 23.3. The van der Waals surface area contributed by atoms with Crippen LogP contribution >= 0.6 is 0 Å². The molecule has 0 bridgehead atoms. The van der Waals surface area contributed by atoms with E-state index >= 15 is 0 Å². The monoisotopic (exact) mass is 280 g/mol. The van der Waals surface area contributed by atoms with Gasteiger partial charge >= 0.3 is 11.9 Å². The Balaban J connectivity index is 3.20. The van der Waals surface area contributed by atoms with Crippen LogP contribution in [-0.2, 0) is 9.59 Å². The summed E-state index contributed by atoms with van der Waals surface area (Å²) >= 11 is 0. The minimum absolute atomic E-state index is 0.109. The fraction of sp³-hybridized carbons (Fsp3) is 0.625. The molecule has 0 fully saturated rings. The average Bonchev–Trinajstić information content (AvgIpc) is 2.29. The van der Waals surface area contributed by atoms with Crippen LogP contribution < -0.4 is 0 Å². The second-order valence-electron chi connectivity index (χ2n) is 6.43. The summed E-state index contributed by atoms with van der Waals surface area (Å²) in [7, 11) is 0. The molecule has 0 heterocycles. The van der Waals surface area contributed by atoms with Crippen LogP contribution in [0.25, 0.3) is 0 Å². The quantitative estimate of drug-likeness (QED) is 0.782. The third-order valence-corrected chi connectivity index (χ3v) is 3.58. The van der Waals surface area contributed by atoms with Gasteiger partial charge in [-0.3, -0.25) is 9.59 Å². The highest BCUT2D eigenvalue weighted by molar-refractivity contribution is 5.87. The Hall–Kier alpha value is -1.58. The molecular weight excluding hydrogens is 256 g/mol. The van der Waals surface area contributed by atoms with Crippen LogP contribution in [0.4, 0.5) is 0 Å². The van der Waals surface area contributed by atoms with Crippen LogP contribution in [0.15, 0.2) is 23.8 Å². The molecule has 112 valence electrons. The lowest BCUT2D eigenvalue weighted by atomic mass is 9.66. The highest BCUT2D eigenvalue weighted by atomic mass is 16.4. The lowest BCUT2D eigenvalue weighted by Gasteiger charge is -2.35. The third kappa shape index (κ3) is 3.50. The Morgan fingerprint density at radius 1 is 1.20 bits per heavy atom. The number of carboxylic acid groups (broad SMARTS) is 2. The number of hydrogen-bond donors (Lipinski definition) is 2. The zero-order valence-corrected chi connectivity index (χ0v) is 12.6. The molecule has 0 spiro atoms. The summed E-state index contributed by atoms with van der Waals surface area (Å²) in [5, 5.41) is 19.0. The van der Waals surface area contributed by atoms with E-state index in [0.717, 1.165) is 12.0 Å². The Bertz CT molecular complexity index is 445. The predicted octanol–water partition coefficient (Wildman–Crippen LogP) is 3.35. The Labute approximate surface area is 120 Å². The van der Waals surface area contributed by atoms with Crippen LogP contribution in [0.2, 0.25) is 0 Å². The molecule has 0 saturated carbocycles. The van der Waals surface area contributed by atoms with Gasteiger partial charge in [0.1, 0.15) is 5.41 Å². The molecule has 0 aromatic rings. The number of aliphatic carboxylic acids is 2. The van der Waals surface area contributed by atoms with Crippen molar-refractivity contribution in [3.8, 4) is 0 Å². The maximum Gasteiger partial charge on any atom is 0.314 e. The molecule has 4 heteroatoms. The van der Waals surface area contributed by atoms with Crippen LogP contribution in [-0.4, -0.2) is 22.2 Å². The second kappa shape index (κ2) is 6.25. The van der Waals surface area contributed by atoms with E-state index in [1.165, 1.54) is 0 Å². The van der Waals surface area contributed by atoms with E-state index in [9.17, 15) is 19.8 Å². The molecule has 1 aliphatic rings. The Morgan fingerprint density at radius 2 is 1.80 bits per heavy atom. The first-order chi connectivity index (χ1) is 9.19. The van der Waals surface area contributed by atoms with Gasteiger partial charge in [0.2, 0.25) is 0 Å². The molecule has 2 atom stereocenters. The number of carbonyl (C=O) groups is 2. The average molecular weight is 280 g/mol. The number of hydrogen-bond acceptors (Lipinski definition) is 2. The second-order valence-corrected chi connectivity index (χ2v) is 6.43. The van der Waals surface area contributed by atoms with Crippen molar-refractivity contribution in [1.29, 1.82) is 0 Å². The van der Waals surface area contributed by atoms with Gasteiger partial charge in [-0.05, 0) is 24.7 Å². The van der Waals surface area contributed by atoms with Gasteiger partial charge in [-0.2, -0.15) is 0 Å². The smallest absolute Gasteiger partial charge is 0.314 e. The van der Waals surface area contributed by atoms with E-state index in [4.69, 9.17) is 0 Å². The first-order valence-corrected chi connectivity index (χ1v) is 7.05. The molecule has 0 amide bonds. The largest absolute Gasteiger partial charge is 0.481 e. The minimum Gasteiger partial charge on any atom is -0.481 e. The van der Waals surface area contributed by atoms with Crippen molar-refractivity contribution >= 4 is 11.9 Å². The first-order valence-electron chi connectivity index (χ1n) is 7.05. The normalized spacial score (nSPS) is 25.9. The summed E-state index contributed by atoms with van der Waals surface area (Å²) < 4.78 is 0. The van der Waals surface area contributed by atoms with E-state index < -0.39 is 23.3 Å². The van der Waals surface area contributed by atoms with Crippen molar-refractivity contribution in [2.75, 3.05) is 0 Å². The Kier molecular flexibility index (Phi) is 5.15. The molecule has 20 heavy (non-hydrogen) atoms. The maximum absolute atomic E-state index is 11.7. The van der Waals surface area contributed by atoms with Gasteiger partial charge in [-0.1, -0.05) is 51.5 Å². The van der Waals surface area contributed by atoms with E-state index in [1.54, 1.807) is 18.2 Å². The number of carboxylic acids is 2. The molecule has 0 aromatic heterocycles. The number of allylic oxidation sites excluding steroid dienone is 2. The van der Waals surface area contributed by atoms with Crippen LogP contribution in [0, 0.1) is 23.2 Å². The van der Waals surface area contributed by atoms with Crippen molar-refractivity contribution in [2.24, 2.45) is 23.2 Å². The van der Waals surface area contributed by atoms with Gasteiger partial charge in [0, 0.05) is 0 Å². The van der Waals surface area contributed by atoms with Crippen molar-refractivity contribution < 1.29 is 19.8 Å². The Morgan fingerprint density at radius 3 is 2.20 bits per heavy atom. The first kappa shape index (κ1) is 16.5. The fourth-order valence-electron chi connectivity index (χ4n) is 2.84. The van der Waals surface area contributed by atoms with Gasteiger partial charge in [-0.25, -0.2) is 0 Å². The molecule has 4 nitrogen and oxygen atoms in total. The van der Waals surface area contributed by atoms with Crippen LogP contribution in [0.3, 0.4) is 0 Å². The summed E-state index contributed by atoms with van der Waals surface area (Å²) in [6.45, 7) is 7.92. The molecular formula is C16H24O4. The fourth-order valence-corrected chi connectivity index (χ4v) is 2.84. The highest BCUT2D eigenvalue weighted by Gasteiger charge is 2.48. The summed E-state index contributed by atoms with van der Waals surface area (Å²) in [6, 6.07) is 0. The lowest BCUT2D eigenvalue weighted by molar-refractivity contribution is -0.158. The summed E-state index contributed by atoms with van der Waals surface area (Å²) in [5.41, 5.74) is -0.423. The lowest BCUT2D eigenvalue weighted by Crippen LogP contribution is -2.42. The van der Waals surface area contributed by atoms with Crippen LogP contribution in [0.1, 0.15) is 40.5 Å². The molecule has 0 aliphatic heterocycles. The topological polar surface area (TPSA) is 74.6 Å². The molecule has 1 aliphatic carbocycles. The summed E-state index contributed by atoms with van der Waals surface area (Å²) in [5.74, 6) is -2.62. The molecule has 0 radical (unpaired) electrons. The molecule has 2 unspecified atom stereocenters. The van der Waals surface area contributed by atoms with Gasteiger partial charge < -0.3 is 10.2 Å². The predicted molar refractivity (Wildman–Crippen MR) is 77.3 cm³/mol. The standard InChI is InChI=1S/C16H24O4/c1-10(2)7-12-5-6-16(15(19)20,9-11(3)4)13(8-12)14(17)18/h5-6,8,10-11,13H,7,9H2,1-4H3,(H,17,18)(H,19,20). The molecule has 1 rings (SSSR count). The number of rotatable bonds is 6. The van der Waals surface area contributed by atoms with Crippen LogP contribution in [0.5, 0.6) is 0 Å². The molecule has 2 N–H and O–H groups in total. The van der Waals surface area contributed by atoms with Crippen molar-refractivity contribution in [3.63, 3.8) is 0 Å². The SMILES string of the molecule is CC(C)CC1=CC(C(=O)O)C(CC(C)C)(C(=O)O)C=C1. The van der Waals surface area contributed by atoms with Crippen molar-refractivity contribution in [1.82, 2.24) is 0 Å². The van der Waals surface area contributed by atoms with E-state index in [-0.39, 0.29) is 5.92 Å². The third-order valence-electron chi connectivity index (χ3n) is 3.58. The maximum atomic E-state index is 11.7. The molecule has 0 saturated heterocycles. The zero-order valence-electron chi connectivity index (χ0n) is 12.6. The van der Waals surface area contributed by atoms with E-state index in [1.807, 2.05) is 13.8 Å². The van der Waals surface area contributed by atoms with Crippen molar-refractivity contribution in [2.45, 2.75) is 40.5 Å². The van der Waals surface area contributed by atoms with Gasteiger partial charge in [0.25, 0.3) is 0 Å². The highest BCUT2D eigenvalue weighted by Crippen LogP contribution is 2.42. The van der Waals surface area contributed by atoms with Gasteiger partial charge in [0.05, 0.1) is 5.92 Å². The van der Waals surface area contributed by atoms with Crippen molar-refractivity contribution in [3.05, 3.63) is 23.8 Å². The summed E-state index contributed by atoms with van der Waals surface area (Å²) in [6.07, 6.45) is 6.08. The van der Waals surface area contributed by atoms with E-state index in [0.29, 0.717) is 12.3 Å².